The summed E-state index contributed by atoms with van der Waals surface area (Å²) in [4.78, 5) is 11.3. The number of nitrogens with one attached hydrogen (secondary N) is 1. The van der Waals surface area contributed by atoms with Gasteiger partial charge in [0.25, 0.3) is 0 Å². The highest BCUT2D eigenvalue weighted by atomic mass is 35.5. The lowest BCUT2D eigenvalue weighted by Crippen LogP contribution is -2.49. The summed E-state index contributed by atoms with van der Waals surface area (Å²) in [5.74, 6) is -0.119. The molecular weight excluding hydrogens is 278 g/mol. The van der Waals surface area contributed by atoms with Gasteiger partial charge in [0.2, 0.25) is 15.9 Å². The second-order valence-corrected chi connectivity index (χ2v) is 6.30. The molecule has 3 N–H and O–H groups in total. The van der Waals surface area contributed by atoms with Crippen LogP contribution in [0.4, 0.5) is 0 Å². The average Bonchev–Trinajstić information content (AvgIpc) is 2.26. The van der Waals surface area contributed by atoms with Gasteiger partial charge in [-0.15, -0.1) is 12.4 Å². The largest absolute Gasteiger partial charge is 0.354 e. The molecule has 6 nitrogen and oxygen atoms in total. The Hall–Kier alpha value is -0.370. The van der Waals surface area contributed by atoms with Gasteiger partial charge in [-0.25, -0.2) is 8.42 Å². The highest BCUT2D eigenvalue weighted by Gasteiger charge is 2.29. The van der Waals surface area contributed by atoms with Crippen molar-refractivity contribution in [1.82, 2.24) is 9.62 Å². The van der Waals surface area contributed by atoms with Crippen molar-refractivity contribution < 1.29 is 13.2 Å². The Bertz CT molecular complexity index is 361. The minimum atomic E-state index is -3.18. The molecule has 1 rings (SSSR count). The number of nitrogens with two attached hydrogens (primary N) is 1. The van der Waals surface area contributed by atoms with Gasteiger partial charge in [-0.3, -0.25) is 4.79 Å². The van der Waals surface area contributed by atoms with Crippen LogP contribution in [0.3, 0.4) is 0 Å². The van der Waals surface area contributed by atoms with Crippen molar-refractivity contribution >= 4 is 28.3 Å². The highest BCUT2D eigenvalue weighted by Crippen LogP contribution is 2.19. The Morgan fingerprint density at radius 3 is 2.67 bits per heavy atom. The predicted molar refractivity (Wildman–Crippen MR) is 73.1 cm³/mol. The van der Waals surface area contributed by atoms with Crippen LogP contribution in [0.25, 0.3) is 0 Å². The molecule has 0 bridgehead atoms. The van der Waals surface area contributed by atoms with Gasteiger partial charge in [0.1, 0.15) is 0 Å². The minimum absolute atomic E-state index is 0. The monoisotopic (exact) mass is 299 g/mol. The van der Waals surface area contributed by atoms with Crippen molar-refractivity contribution in [3.63, 3.8) is 0 Å². The van der Waals surface area contributed by atoms with Crippen molar-refractivity contribution in [2.75, 3.05) is 25.9 Å². The number of nitrogens with zero attached hydrogens (tertiary/aromatic N) is 1. The molecule has 0 aromatic heterocycles. The third kappa shape index (κ3) is 5.51. The van der Waals surface area contributed by atoms with Gasteiger partial charge in [0.05, 0.1) is 6.26 Å². The number of hydrogen-bond acceptors (Lipinski definition) is 4. The number of hydrogen-bond donors (Lipinski definition) is 2. The topological polar surface area (TPSA) is 92.5 Å². The summed E-state index contributed by atoms with van der Waals surface area (Å²) in [6, 6.07) is -0.111. The Morgan fingerprint density at radius 2 is 2.11 bits per heavy atom. The molecule has 1 heterocycles. The van der Waals surface area contributed by atoms with E-state index < -0.39 is 10.0 Å². The van der Waals surface area contributed by atoms with Crippen LogP contribution in [-0.2, 0) is 14.8 Å². The van der Waals surface area contributed by atoms with E-state index in [0.717, 1.165) is 19.3 Å². The maximum absolute atomic E-state index is 11.6. The fourth-order valence-corrected chi connectivity index (χ4v) is 3.25. The van der Waals surface area contributed by atoms with Crippen LogP contribution >= 0.6 is 12.4 Å². The molecule has 1 fully saturated rings. The van der Waals surface area contributed by atoms with Crippen molar-refractivity contribution in [2.24, 2.45) is 5.73 Å². The standard InChI is InChI=1S/C10H21N3O3S.ClH/c1-17(15,16)13-7-3-2-4-9(13)8-12-10(14)5-6-11;/h9H,2-8,11H2,1H3,(H,12,14);1H. The molecule has 8 heteroatoms. The molecule has 0 aromatic rings. The number of carbonyl (C=O) groups is 1. The van der Waals surface area contributed by atoms with E-state index in [1.807, 2.05) is 0 Å². The Kier molecular flexibility index (Phi) is 7.77. The first-order chi connectivity index (χ1) is 7.95. The lowest BCUT2D eigenvalue weighted by molar-refractivity contribution is -0.121. The van der Waals surface area contributed by atoms with Crippen LogP contribution in [0.1, 0.15) is 25.7 Å². The second-order valence-electron chi connectivity index (χ2n) is 4.37. The van der Waals surface area contributed by atoms with E-state index in [2.05, 4.69) is 5.32 Å². The number of carbonyl (C=O) groups excluding carboxylic acids is 1. The molecule has 1 unspecified atom stereocenters. The zero-order valence-electron chi connectivity index (χ0n) is 10.6. The minimum Gasteiger partial charge on any atom is -0.354 e. The molecule has 18 heavy (non-hydrogen) atoms. The maximum Gasteiger partial charge on any atom is 0.221 e. The lowest BCUT2D eigenvalue weighted by atomic mass is 10.1. The van der Waals surface area contributed by atoms with Crippen LogP contribution in [0.5, 0.6) is 0 Å². The van der Waals surface area contributed by atoms with Gasteiger partial charge in [-0.05, 0) is 12.8 Å². The first kappa shape index (κ1) is 17.6. The van der Waals surface area contributed by atoms with Crippen LogP contribution in [0.15, 0.2) is 0 Å². The van der Waals surface area contributed by atoms with Gasteiger partial charge in [-0.2, -0.15) is 4.31 Å². The number of halogens is 1. The molecule has 1 saturated heterocycles. The number of piperidine rings is 1. The fraction of sp³-hybridized carbons (Fsp3) is 0.900. The maximum atomic E-state index is 11.6. The summed E-state index contributed by atoms with van der Waals surface area (Å²) in [6.45, 7) is 1.24. The summed E-state index contributed by atoms with van der Waals surface area (Å²) >= 11 is 0. The zero-order valence-corrected chi connectivity index (χ0v) is 12.2. The number of sulfonamides is 1. The normalized spacial score (nSPS) is 21.1. The predicted octanol–water partition coefficient (Wildman–Crippen LogP) is -0.313. The van der Waals surface area contributed by atoms with E-state index in [9.17, 15) is 13.2 Å². The first-order valence-corrected chi connectivity index (χ1v) is 7.73. The molecule has 1 aliphatic heterocycles. The van der Waals surface area contributed by atoms with E-state index in [1.165, 1.54) is 10.6 Å². The van der Waals surface area contributed by atoms with Gasteiger partial charge in [0.15, 0.2) is 0 Å². The van der Waals surface area contributed by atoms with Crippen LogP contribution in [-0.4, -0.2) is 50.6 Å². The smallest absolute Gasteiger partial charge is 0.221 e. The average molecular weight is 300 g/mol. The lowest BCUT2D eigenvalue weighted by Gasteiger charge is -2.33. The second kappa shape index (κ2) is 7.93. The van der Waals surface area contributed by atoms with Gasteiger partial charge in [0, 0.05) is 32.1 Å². The zero-order chi connectivity index (χ0) is 12.9. The van der Waals surface area contributed by atoms with Crippen molar-refractivity contribution in [1.29, 1.82) is 0 Å². The molecule has 108 valence electrons. The number of amides is 1. The van der Waals surface area contributed by atoms with Crippen molar-refractivity contribution in [3.05, 3.63) is 0 Å². The summed E-state index contributed by atoms with van der Waals surface area (Å²) in [6.07, 6.45) is 4.19. The Balaban J connectivity index is 0.00000289. The first-order valence-electron chi connectivity index (χ1n) is 5.88. The Morgan fingerprint density at radius 1 is 1.44 bits per heavy atom. The van der Waals surface area contributed by atoms with E-state index >= 15 is 0 Å². The molecule has 0 saturated carbocycles. The van der Waals surface area contributed by atoms with E-state index in [4.69, 9.17) is 5.73 Å². The van der Waals surface area contributed by atoms with Crippen molar-refractivity contribution in [2.45, 2.75) is 31.7 Å². The summed E-state index contributed by atoms with van der Waals surface area (Å²) in [5.41, 5.74) is 5.27. The van der Waals surface area contributed by atoms with Crippen LogP contribution < -0.4 is 11.1 Å². The van der Waals surface area contributed by atoms with Gasteiger partial charge < -0.3 is 11.1 Å². The summed E-state index contributed by atoms with van der Waals surface area (Å²) < 4.78 is 24.6. The molecule has 1 amide bonds. The fourth-order valence-electron chi connectivity index (χ4n) is 2.07. The molecule has 1 aliphatic rings. The van der Waals surface area contributed by atoms with E-state index in [1.54, 1.807) is 0 Å². The molecule has 0 spiro atoms. The Labute approximate surface area is 115 Å². The molecule has 0 aromatic carbocycles. The van der Waals surface area contributed by atoms with E-state index in [-0.39, 0.29) is 30.8 Å². The quantitative estimate of drug-likeness (QED) is 0.728. The van der Waals surface area contributed by atoms with Crippen molar-refractivity contribution in [3.8, 4) is 0 Å². The third-order valence-electron chi connectivity index (χ3n) is 2.91. The van der Waals surface area contributed by atoms with Crippen LogP contribution in [0, 0.1) is 0 Å². The summed E-state index contributed by atoms with van der Waals surface area (Å²) in [7, 11) is -3.18. The third-order valence-corrected chi connectivity index (χ3v) is 4.24. The van der Waals surface area contributed by atoms with Crippen LogP contribution in [0.2, 0.25) is 0 Å². The highest BCUT2D eigenvalue weighted by molar-refractivity contribution is 7.88. The summed E-state index contributed by atoms with van der Waals surface area (Å²) in [5, 5.41) is 2.73. The SMILES string of the molecule is CS(=O)(=O)N1CCCCC1CNC(=O)CCN.Cl. The van der Waals surface area contributed by atoms with Gasteiger partial charge in [-0.1, -0.05) is 6.42 Å². The molecule has 0 aliphatic carbocycles. The van der Waals surface area contributed by atoms with E-state index in [0.29, 0.717) is 19.6 Å². The van der Waals surface area contributed by atoms with Gasteiger partial charge >= 0.3 is 0 Å². The molecule has 1 atom stereocenters. The molecular formula is C10H22ClN3O3S. The number of rotatable bonds is 5. The molecule has 0 radical (unpaired) electrons.